The Hall–Kier alpha value is -0.450. The molecule has 0 spiro atoms. The second kappa shape index (κ2) is 5.51. The molecule has 1 aromatic carbocycles. The van der Waals surface area contributed by atoms with Gasteiger partial charge in [0, 0.05) is 15.8 Å². The minimum absolute atomic E-state index is 0.122. The molecule has 19 heavy (non-hydrogen) atoms. The van der Waals surface area contributed by atoms with Crippen molar-refractivity contribution in [1.82, 2.24) is 0 Å². The van der Waals surface area contributed by atoms with Crippen LogP contribution in [0.3, 0.4) is 0 Å². The number of fused-ring (bicyclic) bond motifs is 1. The van der Waals surface area contributed by atoms with Crippen LogP contribution < -0.4 is 0 Å². The molecule has 1 aliphatic rings. The highest BCUT2D eigenvalue weighted by Gasteiger charge is 2.27. The number of Topliss-reactive ketones (excluding diaryl/α,β-unsaturated/α-hetero) is 1. The molecule has 4 heteroatoms. The summed E-state index contributed by atoms with van der Waals surface area (Å²) in [5, 5.41) is 1.97. The lowest BCUT2D eigenvalue weighted by Crippen LogP contribution is -2.22. The average Bonchev–Trinajstić information content (AvgIpc) is 2.78. The quantitative estimate of drug-likeness (QED) is 0.629. The van der Waals surface area contributed by atoms with Crippen LogP contribution in [0.1, 0.15) is 27.2 Å². The molecule has 1 aliphatic carbocycles. The van der Waals surface area contributed by atoms with Gasteiger partial charge in [0.05, 0.1) is 9.35 Å². The van der Waals surface area contributed by atoms with E-state index in [4.69, 9.17) is 0 Å². The number of halogens is 2. The van der Waals surface area contributed by atoms with Gasteiger partial charge in [0.1, 0.15) is 0 Å². The van der Waals surface area contributed by atoms with E-state index in [1.807, 2.05) is 5.38 Å². The Morgan fingerprint density at radius 2 is 1.95 bits per heavy atom. The molecular formula is C15H12Br2OS. The Balaban J connectivity index is 1.85. The van der Waals surface area contributed by atoms with Gasteiger partial charge in [-0.05, 0) is 62.2 Å². The summed E-state index contributed by atoms with van der Waals surface area (Å²) >= 11 is 8.45. The molecule has 0 fully saturated rings. The minimum atomic E-state index is 0.122. The molecular weight excluding hydrogens is 388 g/mol. The Bertz CT molecular complexity index is 633. The minimum Gasteiger partial charge on any atom is -0.293 e. The summed E-state index contributed by atoms with van der Waals surface area (Å²) < 4.78 is 1.87. The predicted molar refractivity (Wildman–Crippen MR) is 86.0 cm³/mol. The van der Waals surface area contributed by atoms with Gasteiger partial charge in [-0.2, -0.15) is 0 Å². The third kappa shape index (κ3) is 2.58. The maximum atomic E-state index is 12.6. The van der Waals surface area contributed by atoms with Crippen LogP contribution >= 0.6 is 43.2 Å². The Labute approximate surface area is 133 Å². The molecule has 98 valence electrons. The predicted octanol–water partition coefficient (Wildman–Crippen LogP) is 5.26. The summed E-state index contributed by atoms with van der Waals surface area (Å²) in [7, 11) is 0. The van der Waals surface area contributed by atoms with Crippen LogP contribution in [0.5, 0.6) is 0 Å². The van der Waals surface area contributed by atoms with Crippen LogP contribution in [-0.4, -0.2) is 5.78 Å². The van der Waals surface area contributed by atoms with E-state index >= 15 is 0 Å². The Morgan fingerprint density at radius 3 is 2.63 bits per heavy atom. The largest absolute Gasteiger partial charge is 0.293 e. The van der Waals surface area contributed by atoms with Gasteiger partial charge in [-0.15, -0.1) is 11.3 Å². The first-order chi connectivity index (χ1) is 9.16. The zero-order valence-electron chi connectivity index (χ0n) is 10.2. The van der Waals surface area contributed by atoms with Crippen LogP contribution in [0.2, 0.25) is 0 Å². The van der Waals surface area contributed by atoms with Crippen molar-refractivity contribution in [2.75, 3.05) is 0 Å². The molecule has 0 bridgehead atoms. The van der Waals surface area contributed by atoms with E-state index in [-0.39, 0.29) is 11.7 Å². The summed E-state index contributed by atoms with van der Waals surface area (Å²) in [5.41, 5.74) is 2.73. The molecule has 1 nitrogen and oxygen atoms in total. The van der Waals surface area contributed by atoms with Gasteiger partial charge < -0.3 is 0 Å². The molecule has 0 aliphatic heterocycles. The lowest BCUT2D eigenvalue weighted by atomic mass is 9.81. The van der Waals surface area contributed by atoms with Crippen molar-refractivity contribution in [1.29, 1.82) is 0 Å². The van der Waals surface area contributed by atoms with Gasteiger partial charge in [-0.25, -0.2) is 0 Å². The fourth-order valence-electron chi connectivity index (χ4n) is 2.60. The summed E-state index contributed by atoms with van der Waals surface area (Å²) in [4.78, 5) is 13.4. The lowest BCUT2D eigenvalue weighted by Gasteiger charge is -2.23. The summed E-state index contributed by atoms with van der Waals surface area (Å²) in [6, 6.07) is 8.46. The standard InChI is InChI=1S/C15H12Br2OS/c16-12-8-19-15(13(12)17)14(18)11-6-5-9-3-1-2-4-10(9)7-11/h1-4,8,11H,5-7H2. The van der Waals surface area contributed by atoms with E-state index in [9.17, 15) is 4.79 Å². The fourth-order valence-corrected chi connectivity index (χ4v) is 4.78. The molecule has 3 rings (SSSR count). The van der Waals surface area contributed by atoms with E-state index in [1.165, 1.54) is 22.5 Å². The normalized spacial score (nSPS) is 18.1. The van der Waals surface area contributed by atoms with Gasteiger partial charge in [0.25, 0.3) is 0 Å². The van der Waals surface area contributed by atoms with Crippen molar-refractivity contribution >= 4 is 49.0 Å². The molecule has 0 amide bonds. The van der Waals surface area contributed by atoms with Crippen molar-refractivity contribution in [2.45, 2.75) is 19.3 Å². The monoisotopic (exact) mass is 398 g/mol. The van der Waals surface area contributed by atoms with Crippen LogP contribution in [0.15, 0.2) is 38.6 Å². The summed E-state index contributed by atoms with van der Waals surface area (Å²) in [6.45, 7) is 0. The molecule has 1 aromatic heterocycles. The molecule has 0 radical (unpaired) electrons. The molecule has 0 N–H and O–H groups in total. The van der Waals surface area contributed by atoms with Gasteiger partial charge in [0.15, 0.2) is 5.78 Å². The van der Waals surface area contributed by atoms with Crippen molar-refractivity contribution in [2.24, 2.45) is 5.92 Å². The van der Waals surface area contributed by atoms with Crippen molar-refractivity contribution in [3.05, 3.63) is 54.6 Å². The molecule has 1 heterocycles. The topological polar surface area (TPSA) is 17.1 Å². The maximum Gasteiger partial charge on any atom is 0.177 e. The van der Waals surface area contributed by atoms with Crippen LogP contribution in [0.4, 0.5) is 0 Å². The SMILES string of the molecule is O=C(c1scc(Br)c1Br)C1CCc2ccccc2C1. The van der Waals surface area contributed by atoms with E-state index in [2.05, 4.69) is 56.1 Å². The van der Waals surface area contributed by atoms with E-state index < -0.39 is 0 Å². The molecule has 0 saturated carbocycles. The summed E-state index contributed by atoms with van der Waals surface area (Å²) in [5.74, 6) is 0.397. The highest BCUT2D eigenvalue weighted by atomic mass is 79.9. The Kier molecular flexibility index (Phi) is 3.92. The second-order valence-corrected chi connectivity index (χ2v) is 7.33. The number of carbonyl (C=O) groups excluding carboxylic acids is 1. The van der Waals surface area contributed by atoms with Crippen molar-refractivity contribution in [3.8, 4) is 0 Å². The smallest absolute Gasteiger partial charge is 0.177 e. The average molecular weight is 400 g/mol. The number of aryl methyl sites for hydroxylation is 1. The third-order valence-electron chi connectivity index (χ3n) is 3.63. The number of thiophene rings is 1. The lowest BCUT2D eigenvalue weighted by molar-refractivity contribution is 0.0912. The second-order valence-electron chi connectivity index (χ2n) is 4.80. The number of hydrogen-bond donors (Lipinski definition) is 0. The van der Waals surface area contributed by atoms with Crippen molar-refractivity contribution in [3.63, 3.8) is 0 Å². The Morgan fingerprint density at radius 1 is 1.21 bits per heavy atom. The number of benzene rings is 1. The van der Waals surface area contributed by atoms with Gasteiger partial charge >= 0.3 is 0 Å². The fraction of sp³-hybridized carbons (Fsp3) is 0.267. The maximum absolute atomic E-state index is 12.6. The van der Waals surface area contributed by atoms with Crippen LogP contribution in [0, 0.1) is 5.92 Å². The van der Waals surface area contributed by atoms with Crippen molar-refractivity contribution < 1.29 is 4.79 Å². The zero-order chi connectivity index (χ0) is 13.4. The highest BCUT2D eigenvalue weighted by Crippen LogP contribution is 2.36. The number of carbonyl (C=O) groups is 1. The van der Waals surface area contributed by atoms with E-state index in [1.54, 1.807) is 0 Å². The highest BCUT2D eigenvalue weighted by molar-refractivity contribution is 9.13. The molecule has 0 saturated heterocycles. The van der Waals surface area contributed by atoms with Gasteiger partial charge in [-0.3, -0.25) is 4.79 Å². The number of rotatable bonds is 2. The molecule has 2 aromatic rings. The first-order valence-electron chi connectivity index (χ1n) is 6.20. The van der Waals surface area contributed by atoms with E-state index in [0.29, 0.717) is 0 Å². The zero-order valence-corrected chi connectivity index (χ0v) is 14.1. The van der Waals surface area contributed by atoms with Gasteiger partial charge in [-0.1, -0.05) is 24.3 Å². The van der Waals surface area contributed by atoms with Crippen LogP contribution in [-0.2, 0) is 12.8 Å². The number of ketones is 1. The van der Waals surface area contributed by atoms with E-state index in [0.717, 1.165) is 33.1 Å². The first kappa shape index (κ1) is 13.5. The summed E-state index contributed by atoms with van der Waals surface area (Å²) in [6.07, 6.45) is 2.84. The van der Waals surface area contributed by atoms with Crippen LogP contribution in [0.25, 0.3) is 0 Å². The first-order valence-corrected chi connectivity index (χ1v) is 8.67. The molecule has 1 atom stereocenters. The third-order valence-corrected chi connectivity index (χ3v) is 7.17. The molecule has 1 unspecified atom stereocenters. The number of hydrogen-bond acceptors (Lipinski definition) is 2. The van der Waals surface area contributed by atoms with Gasteiger partial charge in [0.2, 0.25) is 0 Å².